The van der Waals surface area contributed by atoms with Crippen LogP contribution in [0.15, 0.2) is 197 Å². The van der Waals surface area contributed by atoms with Crippen molar-refractivity contribution >= 4 is 98.7 Å². The number of phenolic OH excluding ortho intramolecular Hbond substituents is 5. The molecule has 0 unspecified atom stereocenters. The Kier molecular flexibility index (Phi) is 26.7. The van der Waals surface area contributed by atoms with E-state index in [4.69, 9.17) is 51.5 Å². The quantitative estimate of drug-likeness (QED) is 0.0434. The molecule has 4 aliphatic rings. The Morgan fingerprint density at radius 2 is 0.567 bits per heavy atom. The number of nitrogens with one attached hydrogen (secondary N) is 4. The second-order valence-electron chi connectivity index (χ2n) is 30.7. The van der Waals surface area contributed by atoms with Gasteiger partial charge in [0.25, 0.3) is 0 Å². The van der Waals surface area contributed by atoms with Crippen LogP contribution in [-0.2, 0) is 96.2 Å². The first-order valence-corrected chi connectivity index (χ1v) is 40.5. The number of phenols is 5. The van der Waals surface area contributed by atoms with Crippen LogP contribution in [0.25, 0.3) is 69.3 Å². The van der Waals surface area contributed by atoms with Crippen molar-refractivity contribution in [2.75, 3.05) is 21.3 Å². The molecular formula is C96H89BrClFN12O9. The van der Waals surface area contributed by atoms with Crippen molar-refractivity contribution in [2.24, 2.45) is 0 Å². The number of anilines is 4. The van der Waals surface area contributed by atoms with Gasteiger partial charge in [-0.3, -0.25) is 19.2 Å². The fourth-order valence-corrected chi connectivity index (χ4v) is 14.7. The van der Waals surface area contributed by atoms with Gasteiger partial charge in [0.15, 0.2) is 23.3 Å². The average molecular weight is 1690 g/mol. The largest absolute Gasteiger partial charge is 0.508 e. The summed E-state index contributed by atoms with van der Waals surface area (Å²) in [5.74, 6) is 1.92. The highest BCUT2D eigenvalue weighted by Gasteiger charge is 2.28. The minimum Gasteiger partial charge on any atom is -0.508 e. The predicted octanol–water partition coefficient (Wildman–Crippen LogP) is 19.5. The molecule has 0 radical (unpaired) electrons. The molecule has 4 aromatic heterocycles. The van der Waals surface area contributed by atoms with Crippen LogP contribution >= 0.6 is 27.5 Å². The minimum absolute atomic E-state index is 0.120. The summed E-state index contributed by atoms with van der Waals surface area (Å²) in [7, 11) is 0. The van der Waals surface area contributed by atoms with Gasteiger partial charge in [0.05, 0.1) is 71.2 Å². The van der Waals surface area contributed by atoms with Crippen LogP contribution in [0.5, 0.6) is 28.7 Å². The van der Waals surface area contributed by atoms with Gasteiger partial charge in [0.1, 0.15) is 57.3 Å². The average Bonchev–Trinajstić information content (AvgIpc) is 0.786. The maximum absolute atomic E-state index is 13.1. The van der Waals surface area contributed by atoms with E-state index in [0.717, 1.165) is 165 Å². The molecule has 12 aromatic rings. The number of allylic oxidation sites excluding steroid dienone is 4. The second kappa shape index (κ2) is 37.9. The zero-order valence-corrected chi connectivity index (χ0v) is 69.9. The van der Waals surface area contributed by atoms with Gasteiger partial charge in [-0.05, 0) is 297 Å². The van der Waals surface area contributed by atoms with E-state index in [1.165, 1.54) is 12.1 Å². The summed E-state index contributed by atoms with van der Waals surface area (Å²) in [5.41, 5.74) is 24.6. The second-order valence-corrected chi connectivity index (χ2v) is 32.1. The van der Waals surface area contributed by atoms with Gasteiger partial charge in [-0.15, -0.1) is 0 Å². The Hall–Kier alpha value is -13.4. The molecule has 0 saturated heterocycles. The Balaban J connectivity index is 0.000000138. The molecule has 8 aromatic carbocycles. The number of nitrogens with zero attached hydrogens (tertiary/aromatic N) is 8. The van der Waals surface area contributed by atoms with E-state index >= 15 is 0 Å². The Morgan fingerprint density at radius 1 is 0.333 bits per heavy atom. The first-order chi connectivity index (χ1) is 57.5. The molecule has 21 nitrogen and oxygen atoms in total. The Labute approximate surface area is 708 Å². The molecule has 0 fully saturated rings. The van der Waals surface area contributed by atoms with E-state index in [0.29, 0.717) is 76.8 Å². The molecule has 16 rings (SSSR count). The summed E-state index contributed by atoms with van der Waals surface area (Å²) in [6.45, 7) is 15.8. The third-order valence-electron chi connectivity index (χ3n) is 19.7. The van der Waals surface area contributed by atoms with Crippen LogP contribution in [0.3, 0.4) is 0 Å². The smallest absolute Gasteiger partial charge is 0.230 e. The summed E-state index contributed by atoms with van der Waals surface area (Å²) in [6, 6.07) is 48.6. The van der Waals surface area contributed by atoms with Crippen molar-refractivity contribution in [1.29, 1.82) is 0 Å². The zero-order valence-electron chi connectivity index (χ0n) is 67.5. The molecule has 120 heavy (non-hydrogen) atoms. The number of rotatable bonds is 16. The molecule has 24 heteroatoms. The third-order valence-corrected chi connectivity index (χ3v) is 20.5. The van der Waals surface area contributed by atoms with Crippen LogP contribution in [0, 0.1) is 5.82 Å². The van der Waals surface area contributed by atoms with Crippen molar-refractivity contribution < 1.29 is 49.1 Å². The van der Waals surface area contributed by atoms with Crippen LogP contribution in [0.1, 0.15) is 145 Å². The van der Waals surface area contributed by atoms with Gasteiger partial charge in [-0.25, -0.2) is 44.3 Å². The van der Waals surface area contributed by atoms with E-state index in [1.54, 1.807) is 97.1 Å². The standard InChI is InChI=1S/C24H22BrN3O2.C24H22ClN3O2.C24H22FN3O2.C24H23N3O3/c3*1-14(2)11-21-24(28-22(30)12-15-3-6-17(25)7-4-15)27-20-10-5-16-13-18(29)8-9-19(16)23(20)26-21;1-14(2)11-21-24(27-22(30)12-15-3-6-17(28)7-4-15)26-20-10-5-16-13-18(29)8-9-19(16)23(20)25-21/h3*3-4,6-9,11,13,29H,5,10,12H2,1-2H3,(H,27,28,30);3-4,6-9,11,13,28-29H,5,10,12H2,1-2H3,(H,26,27,30). The number of hydrogen-bond donors (Lipinski definition) is 9. The van der Waals surface area contributed by atoms with E-state index in [1.807, 2.05) is 140 Å². The van der Waals surface area contributed by atoms with Crippen molar-refractivity contribution in [3.63, 3.8) is 0 Å². The number of benzene rings is 8. The van der Waals surface area contributed by atoms with Gasteiger partial charge in [-0.1, -0.05) is 98.4 Å². The van der Waals surface area contributed by atoms with E-state index in [2.05, 4.69) is 37.2 Å². The number of aromatic hydroxyl groups is 5. The molecule has 0 aliphatic heterocycles. The van der Waals surface area contributed by atoms with Gasteiger partial charge in [0.2, 0.25) is 23.6 Å². The third kappa shape index (κ3) is 21.9. The molecule has 0 spiro atoms. The molecule has 9 N–H and O–H groups in total. The number of aryl methyl sites for hydroxylation is 8. The van der Waals surface area contributed by atoms with Gasteiger partial charge in [0, 0.05) is 31.7 Å². The fourth-order valence-electron chi connectivity index (χ4n) is 14.3. The Bertz CT molecular complexity index is 5340. The number of carbonyl (C=O) groups excluding carboxylic acids is 4. The van der Waals surface area contributed by atoms with E-state index in [9.17, 15) is 49.1 Å². The van der Waals surface area contributed by atoms with Crippen LogP contribution < -0.4 is 21.3 Å². The molecule has 0 atom stereocenters. The van der Waals surface area contributed by atoms with Crippen molar-refractivity contribution in [3.8, 4) is 73.8 Å². The van der Waals surface area contributed by atoms with E-state index in [-0.39, 0.29) is 83.9 Å². The first kappa shape index (κ1) is 84.5. The van der Waals surface area contributed by atoms with Crippen LogP contribution in [0.2, 0.25) is 5.02 Å². The molecule has 4 amide bonds. The highest BCUT2D eigenvalue weighted by molar-refractivity contribution is 9.10. The molecule has 4 aliphatic carbocycles. The Morgan fingerprint density at radius 3 is 0.825 bits per heavy atom. The van der Waals surface area contributed by atoms with Crippen LogP contribution in [0.4, 0.5) is 27.7 Å². The van der Waals surface area contributed by atoms with E-state index < -0.39 is 0 Å². The maximum Gasteiger partial charge on any atom is 0.230 e. The molecule has 0 saturated carbocycles. The minimum atomic E-state index is -0.334. The van der Waals surface area contributed by atoms with Gasteiger partial charge < -0.3 is 46.8 Å². The fraction of sp³-hybridized carbons (Fsp3) is 0.208. The molecular weight excluding hydrogens is 1600 g/mol. The first-order valence-electron chi connectivity index (χ1n) is 39.3. The summed E-state index contributed by atoms with van der Waals surface area (Å²) in [5, 5.41) is 60.8. The van der Waals surface area contributed by atoms with Crippen LogP contribution in [-0.4, -0.2) is 89.0 Å². The van der Waals surface area contributed by atoms with Gasteiger partial charge >= 0.3 is 0 Å². The lowest BCUT2D eigenvalue weighted by Crippen LogP contribution is -2.19. The number of amides is 4. The number of halogens is 3. The summed E-state index contributed by atoms with van der Waals surface area (Å²) < 4.78 is 14.1. The number of fused-ring (bicyclic) bond motifs is 12. The summed E-state index contributed by atoms with van der Waals surface area (Å²) in [6.07, 6.45) is 14.3. The lowest BCUT2D eigenvalue weighted by Gasteiger charge is -2.20. The van der Waals surface area contributed by atoms with Crippen molar-refractivity contribution in [3.05, 3.63) is 298 Å². The highest BCUT2D eigenvalue weighted by Crippen LogP contribution is 2.40. The lowest BCUT2D eigenvalue weighted by atomic mass is 9.91. The summed E-state index contributed by atoms with van der Waals surface area (Å²) >= 11 is 9.33. The number of aromatic nitrogens is 8. The SMILES string of the molecule is CC(C)=Cc1nc2c(nc1NC(=O)Cc1ccc(Br)cc1)CCc1cc(O)ccc1-2.CC(C)=Cc1nc2c(nc1NC(=O)Cc1ccc(Cl)cc1)CCc1cc(O)ccc1-2.CC(C)=Cc1nc2c(nc1NC(=O)Cc1ccc(F)cc1)CCc1cc(O)ccc1-2.CC(C)=Cc1nc2c(nc1NC(=O)Cc1ccc(O)cc1)CCc1cc(O)ccc1-2. The van der Waals surface area contributed by atoms with Crippen molar-refractivity contribution in [1.82, 2.24) is 39.9 Å². The monoisotopic (exact) mass is 1690 g/mol. The maximum atomic E-state index is 13.1. The zero-order chi connectivity index (χ0) is 85.0. The van der Waals surface area contributed by atoms with Crippen molar-refractivity contribution in [2.45, 2.75) is 132 Å². The topological polar surface area (TPSA) is 321 Å². The lowest BCUT2D eigenvalue weighted by molar-refractivity contribution is -0.116. The summed E-state index contributed by atoms with van der Waals surface area (Å²) in [4.78, 5) is 88.9. The number of carbonyl (C=O) groups is 4. The van der Waals surface area contributed by atoms with Gasteiger partial charge in [-0.2, -0.15) is 0 Å². The number of hydrogen-bond acceptors (Lipinski definition) is 17. The molecule has 0 bridgehead atoms. The highest BCUT2D eigenvalue weighted by atomic mass is 79.9. The normalized spacial score (nSPS) is 12.0. The molecule has 4 heterocycles. The predicted molar refractivity (Wildman–Crippen MR) is 473 cm³/mol. The molecule has 608 valence electrons.